The maximum atomic E-state index is 12.5. The number of aryl methyl sites for hydroxylation is 1. The Hall–Kier alpha value is -3.95. The number of carbonyl (C=O) groups excluding carboxylic acids is 1. The first-order chi connectivity index (χ1) is 15.9. The van der Waals surface area contributed by atoms with Crippen molar-refractivity contribution in [1.29, 1.82) is 5.26 Å². The number of hydrogen-bond donors (Lipinski definition) is 2. The highest BCUT2D eigenvalue weighted by atomic mass is 32.1. The number of benzene rings is 3. The summed E-state index contributed by atoms with van der Waals surface area (Å²) in [6.07, 6.45) is 1.42. The van der Waals surface area contributed by atoms with Crippen LogP contribution in [0.4, 0.5) is 11.4 Å². The first-order valence-electron chi connectivity index (χ1n) is 10.7. The van der Waals surface area contributed by atoms with Gasteiger partial charge in [0.05, 0.1) is 10.2 Å². The molecule has 0 atom stereocenters. The van der Waals surface area contributed by atoms with Crippen molar-refractivity contribution in [2.75, 3.05) is 10.6 Å². The van der Waals surface area contributed by atoms with Crippen LogP contribution in [0.1, 0.15) is 30.9 Å². The molecule has 0 fully saturated rings. The van der Waals surface area contributed by atoms with E-state index in [2.05, 4.69) is 43.5 Å². The van der Waals surface area contributed by atoms with Crippen molar-refractivity contribution in [3.63, 3.8) is 0 Å². The molecule has 0 spiro atoms. The van der Waals surface area contributed by atoms with Crippen molar-refractivity contribution in [3.05, 3.63) is 89.6 Å². The Kier molecular flexibility index (Phi) is 6.53. The van der Waals surface area contributed by atoms with Crippen LogP contribution in [0.15, 0.2) is 78.5 Å². The second-order valence-electron chi connectivity index (χ2n) is 8.11. The topological polar surface area (TPSA) is 77.8 Å². The Balaban J connectivity index is 1.43. The van der Waals surface area contributed by atoms with Crippen molar-refractivity contribution < 1.29 is 4.79 Å². The number of nitrogens with one attached hydrogen (secondary N) is 2. The molecule has 0 aliphatic carbocycles. The maximum Gasteiger partial charge on any atom is 0.267 e. The molecule has 4 rings (SSSR count). The van der Waals surface area contributed by atoms with Gasteiger partial charge in [0, 0.05) is 23.1 Å². The van der Waals surface area contributed by atoms with Gasteiger partial charge >= 0.3 is 0 Å². The Bertz CT molecular complexity index is 1360. The third-order valence-corrected chi connectivity index (χ3v) is 6.33. The van der Waals surface area contributed by atoms with Crippen LogP contribution in [0.25, 0.3) is 20.8 Å². The van der Waals surface area contributed by atoms with E-state index in [1.807, 2.05) is 60.7 Å². The summed E-state index contributed by atoms with van der Waals surface area (Å²) in [4.78, 5) is 17.2. The molecule has 1 amide bonds. The molecule has 3 aromatic carbocycles. The minimum atomic E-state index is -0.455. The molecule has 0 saturated heterocycles. The predicted octanol–water partition coefficient (Wildman–Crippen LogP) is 6.85. The fraction of sp³-hybridized carbons (Fsp3) is 0.148. The van der Waals surface area contributed by atoms with Gasteiger partial charge in [-0.2, -0.15) is 5.26 Å². The fourth-order valence-electron chi connectivity index (χ4n) is 3.32. The summed E-state index contributed by atoms with van der Waals surface area (Å²) in [7, 11) is 0. The van der Waals surface area contributed by atoms with Crippen molar-refractivity contribution >= 4 is 38.8 Å². The van der Waals surface area contributed by atoms with Gasteiger partial charge in [-0.3, -0.25) is 4.79 Å². The van der Waals surface area contributed by atoms with Crippen LogP contribution in [-0.4, -0.2) is 10.9 Å². The minimum Gasteiger partial charge on any atom is -0.360 e. The number of thiazole rings is 1. The first kappa shape index (κ1) is 22.3. The van der Waals surface area contributed by atoms with E-state index < -0.39 is 5.91 Å². The zero-order valence-corrected chi connectivity index (χ0v) is 19.5. The fourth-order valence-corrected chi connectivity index (χ4v) is 4.39. The van der Waals surface area contributed by atoms with Crippen LogP contribution in [-0.2, 0) is 4.79 Å². The largest absolute Gasteiger partial charge is 0.360 e. The number of carbonyl (C=O) groups is 1. The Morgan fingerprint density at radius 3 is 2.39 bits per heavy atom. The van der Waals surface area contributed by atoms with Crippen LogP contribution < -0.4 is 10.6 Å². The highest BCUT2D eigenvalue weighted by Gasteiger charge is 2.10. The molecule has 1 aromatic heterocycles. The van der Waals surface area contributed by atoms with Gasteiger partial charge in [-0.05, 0) is 72.5 Å². The summed E-state index contributed by atoms with van der Waals surface area (Å²) in [5.41, 5.74) is 5.84. The Morgan fingerprint density at radius 1 is 1.03 bits per heavy atom. The third-order valence-electron chi connectivity index (χ3n) is 5.26. The third kappa shape index (κ3) is 5.28. The lowest BCUT2D eigenvalue weighted by Gasteiger charge is -2.08. The average molecular weight is 453 g/mol. The van der Waals surface area contributed by atoms with E-state index in [0.717, 1.165) is 21.8 Å². The molecule has 0 saturated carbocycles. The second-order valence-corrected chi connectivity index (χ2v) is 9.14. The van der Waals surface area contributed by atoms with Crippen LogP contribution in [0.5, 0.6) is 0 Å². The van der Waals surface area contributed by atoms with E-state index in [1.165, 1.54) is 22.0 Å². The summed E-state index contributed by atoms with van der Waals surface area (Å²) in [5.74, 6) is -0.0394. The quantitative estimate of drug-likeness (QED) is 0.248. The van der Waals surface area contributed by atoms with Crippen LogP contribution >= 0.6 is 11.3 Å². The molecule has 164 valence electrons. The number of amides is 1. The highest BCUT2D eigenvalue weighted by Crippen LogP contribution is 2.31. The van der Waals surface area contributed by atoms with E-state index in [-0.39, 0.29) is 5.57 Å². The molecule has 0 aliphatic heterocycles. The van der Waals surface area contributed by atoms with Gasteiger partial charge in [0.1, 0.15) is 16.6 Å². The van der Waals surface area contributed by atoms with E-state index in [4.69, 9.17) is 4.98 Å². The van der Waals surface area contributed by atoms with Gasteiger partial charge in [0.15, 0.2) is 0 Å². The predicted molar refractivity (Wildman–Crippen MR) is 136 cm³/mol. The first-order valence-corrected chi connectivity index (χ1v) is 11.5. The monoisotopic (exact) mass is 452 g/mol. The van der Waals surface area contributed by atoms with Crippen molar-refractivity contribution in [1.82, 2.24) is 4.98 Å². The molecule has 0 radical (unpaired) electrons. The average Bonchev–Trinajstić information content (AvgIpc) is 3.23. The molecule has 0 unspecified atom stereocenters. The summed E-state index contributed by atoms with van der Waals surface area (Å²) in [6, 6.07) is 23.6. The van der Waals surface area contributed by atoms with E-state index in [1.54, 1.807) is 11.3 Å². The number of fused-ring (bicyclic) bond motifs is 1. The lowest BCUT2D eigenvalue weighted by atomic mass is 10.0. The molecule has 4 aromatic rings. The smallest absolute Gasteiger partial charge is 0.267 e. The lowest BCUT2D eigenvalue weighted by molar-refractivity contribution is -0.112. The van der Waals surface area contributed by atoms with Gasteiger partial charge in [-0.25, -0.2) is 4.98 Å². The van der Waals surface area contributed by atoms with Gasteiger partial charge in [0.2, 0.25) is 0 Å². The van der Waals surface area contributed by atoms with Crippen molar-refractivity contribution in [3.8, 4) is 16.6 Å². The maximum absolute atomic E-state index is 12.5. The minimum absolute atomic E-state index is 0.00597. The molecule has 33 heavy (non-hydrogen) atoms. The number of rotatable bonds is 6. The van der Waals surface area contributed by atoms with Gasteiger partial charge in [0.25, 0.3) is 5.91 Å². The van der Waals surface area contributed by atoms with Crippen LogP contribution in [0.3, 0.4) is 0 Å². The summed E-state index contributed by atoms with van der Waals surface area (Å²) in [6.45, 7) is 6.30. The summed E-state index contributed by atoms with van der Waals surface area (Å²) < 4.78 is 1.17. The Morgan fingerprint density at radius 2 is 1.73 bits per heavy atom. The number of nitriles is 1. The number of hydrogen-bond acceptors (Lipinski definition) is 5. The lowest BCUT2D eigenvalue weighted by Crippen LogP contribution is -2.14. The van der Waals surface area contributed by atoms with Crippen LogP contribution in [0, 0.1) is 18.3 Å². The second kappa shape index (κ2) is 9.68. The molecule has 1 heterocycles. The van der Waals surface area contributed by atoms with Crippen molar-refractivity contribution in [2.45, 2.75) is 26.7 Å². The standard InChI is InChI=1S/C27H24N4OS/c1-17(2)19-5-11-23(12-6-19)30-26(32)21(15-28)16-29-22-9-7-20(8-10-22)27-31-24-13-4-18(3)14-25(24)33-27/h4-14,16-17,29H,1-3H3,(H,30,32)/b21-16-. The number of anilines is 2. The van der Waals surface area contributed by atoms with E-state index >= 15 is 0 Å². The summed E-state index contributed by atoms with van der Waals surface area (Å²) >= 11 is 1.66. The molecular weight excluding hydrogens is 428 g/mol. The molecular formula is C27H24N4OS. The SMILES string of the molecule is Cc1ccc2nc(-c3ccc(N/C=C(/C#N)C(=O)Nc4ccc(C(C)C)cc4)cc3)sc2c1. The molecule has 0 aliphatic rings. The zero-order valence-electron chi connectivity index (χ0n) is 18.7. The van der Waals surface area contributed by atoms with E-state index in [9.17, 15) is 10.1 Å². The van der Waals surface area contributed by atoms with Crippen LogP contribution in [0.2, 0.25) is 0 Å². The normalized spacial score (nSPS) is 11.4. The molecule has 6 heteroatoms. The van der Waals surface area contributed by atoms with Crippen molar-refractivity contribution in [2.24, 2.45) is 0 Å². The van der Waals surface area contributed by atoms with Gasteiger partial charge in [-0.15, -0.1) is 11.3 Å². The van der Waals surface area contributed by atoms with E-state index in [0.29, 0.717) is 11.6 Å². The highest BCUT2D eigenvalue weighted by molar-refractivity contribution is 7.21. The number of aromatic nitrogens is 1. The molecule has 0 bridgehead atoms. The zero-order chi connectivity index (χ0) is 23.4. The molecule has 5 nitrogen and oxygen atoms in total. The van der Waals surface area contributed by atoms with Gasteiger partial charge < -0.3 is 10.6 Å². The molecule has 2 N–H and O–H groups in total. The number of nitrogens with zero attached hydrogens (tertiary/aromatic N) is 2. The summed E-state index contributed by atoms with van der Waals surface area (Å²) in [5, 5.41) is 16.2. The Labute approximate surface area is 197 Å². The van der Waals surface area contributed by atoms with Gasteiger partial charge in [-0.1, -0.05) is 32.0 Å².